The number of esters is 1. The first-order valence-electron chi connectivity index (χ1n) is 8.63. The van der Waals surface area contributed by atoms with Gasteiger partial charge in [-0.15, -0.1) is 0 Å². The molecule has 6 nitrogen and oxygen atoms in total. The van der Waals surface area contributed by atoms with E-state index >= 15 is 0 Å². The van der Waals surface area contributed by atoms with Crippen LogP contribution in [0, 0.1) is 12.8 Å². The van der Waals surface area contributed by atoms with E-state index < -0.39 is 6.10 Å². The first kappa shape index (κ1) is 16.9. The van der Waals surface area contributed by atoms with Gasteiger partial charge in [-0.1, -0.05) is 30.5 Å². The number of ether oxygens (including phenoxy) is 1. The molecule has 24 heavy (non-hydrogen) atoms. The molecule has 1 saturated carbocycles. The summed E-state index contributed by atoms with van der Waals surface area (Å²) in [5.41, 5.74) is 8.04. The highest BCUT2D eigenvalue weighted by Gasteiger charge is 2.42. The van der Waals surface area contributed by atoms with E-state index in [0.29, 0.717) is 11.7 Å². The predicted molar refractivity (Wildman–Crippen MR) is 91.2 cm³/mol. The van der Waals surface area contributed by atoms with Crippen LogP contribution >= 0.6 is 0 Å². The Labute approximate surface area is 142 Å². The summed E-state index contributed by atoms with van der Waals surface area (Å²) in [7, 11) is 0. The number of benzene rings is 1. The number of anilines is 1. The number of carbonyl (C=O) groups excluding carboxylic acids is 2. The summed E-state index contributed by atoms with van der Waals surface area (Å²) in [6.07, 6.45) is 3.58. The Kier molecular flexibility index (Phi) is 5.16. The third kappa shape index (κ3) is 3.76. The molecule has 1 heterocycles. The number of carbonyl (C=O) groups is 2. The van der Waals surface area contributed by atoms with Gasteiger partial charge < -0.3 is 10.1 Å². The molecule has 4 atom stereocenters. The molecule has 2 fully saturated rings. The quantitative estimate of drug-likeness (QED) is 0.735. The lowest BCUT2D eigenvalue weighted by Gasteiger charge is -2.26. The SMILES string of the molecule is Cc1ccc(NC(=O)C(C)OC(=O)C2NNC3CCCCC32)cc1. The van der Waals surface area contributed by atoms with Crippen LogP contribution in [0.4, 0.5) is 5.69 Å². The van der Waals surface area contributed by atoms with E-state index in [-0.39, 0.29) is 23.8 Å². The highest BCUT2D eigenvalue weighted by Crippen LogP contribution is 2.30. The van der Waals surface area contributed by atoms with Crippen LogP contribution < -0.4 is 16.2 Å². The highest BCUT2D eigenvalue weighted by atomic mass is 16.5. The lowest BCUT2D eigenvalue weighted by molar-refractivity contribution is -0.156. The topological polar surface area (TPSA) is 79.5 Å². The molecule has 1 aliphatic carbocycles. The van der Waals surface area contributed by atoms with E-state index in [1.54, 1.807) is 6.92 Å². The van der Waals surface area contributed by atoms with Crippen LogP contribution in [0.3, 0.4) is 0 Å². The van der Waals surface area contributed by atoms with Crippen LogP contribution in [0.1, 0.15) is 38.2 Å². The second-order valence-electron chi connectivity index (χ2n) is 6.76. The van der Waals surface area contributed by atoms with Gasteiger partial charge >= 0.3 is 5.97 Å². The van der Waals surface area contributed by atoms with Crippen molar-refractivity contribution in [2.45, 2.75) is 57.7 Å². The third-order valence-corrected chi connectivity index (χ3v) is 4.91. The molecule has 1 aromatic rings. The smallest absolute Gasteiger partial charge is 0.325 e. The zero-order chi connectivity index (χ0) is 17.1. The van der Waals surface area contributed by atoms with Gasteiger partial charge in [0.2, 0.25) is 0 Å². The molecule has 2 aliphatic rings. The minimum Gasteiger partial charge on any atom is -0.451 e. The molecule has 0 radical (unpaired) electrons. The van der Waals surface area contributed by atoms with Crippen LogP contribution in [-0.2, 0) is 14.3 Å². The summed E-state index contributed by atoms with van der Waals surface area (Å²) in [5, 5.41) is 2.77. The van der Waals surface area contributed by atoms with Gasteiger partial charge in [0, 0.05) is 17.6 Å². The van der Waals surface area contributed by atoms with Crippen molar-refractivity contribution in [3.63, 3.8) is 0 Å². The van der Waals surface area contributed by atoms with Crippen LogP contribution in [0.5, 0.6) is 0 Å². The van der Waals surface area contributed by atoms with E-state index in [4.69, 9.17) is 4.74 Å². The summed E-state index contributed by atoms with van der Waals surface area (Å²) >= 11 is 0. The highest BCUT2D eigenvalue weighted by molar-refractivity contribution is 5.95. The zero-order valence-corrected chi connectivity index (χ0v) is 14.2. The summed E-state index contributed by atoms with van der Waals surface area (Å²) < 4.78 is 5.39. The van der Waals surface area contributed by atoms with Crippen molar-refractivity contribution in [1.29, 1.82) is 0 Å². The number of hydrazine groups is 1. The second-order valence-corrected chi connectivity index (χ2v) is 6.76. The van der Waals surface area contributed by atoms with Crippen molar-refractivity contribution in [3.05, 3.63) is 29.8 Å². The lowest BCUT2D eigenvalue weighted by Crippen LogP contribution is -2.43. The van der Waals surface area contributed by atoms with E-state index in [9.17, 15) is 9.59 Å². The lowest BCUT2D eigenvalue weighted by atomic mass is 9.82. The molecule has 3 N–H and O–H groups in total. The van der Waals surface area contributed by atoms with Crippen molar-refractivity contribution < 1.29 is 14.3 Å². The molecular formula is C18H25N3O3. The van der Waals surface area contributed by atoms with Gasteiger partial charge in [-0.2, -0.15) is 0 Å². The van der Waals surface area contributed by atoms with Gasteiger partial charge in [0.1, 0.15) is 6.04 Å². The van der Waals surface area contributed by atoms with Crippen LogP contribution in [0.15, 0.2) is 24.3 Å². The van der Waals surface area contributed by atoms with Crippen LogP contribution in [0.25, 0.3) is 0 Å². The molecule has 6 heteroatoms. The molecule has 1 aromatic carbocycles. The first-order chi connectivity index (χ1) is 11.5. The first-order valence-corrected chi connectivity index (χ1v) is 8.63. The van der Waals surface area contributed by atoms with Crippen molar-refractivity contribution in [1.82, 2.24) is 10.9 Å². The molecular weight excluding hydrogens is 306 g/mol. The molecule has 0 spiro atoms. The Morgan fingerprint density at radius 2 is 1.88 bits per heavy atom. The minimum atomic E-state index is -0.830. The van der Waals surface area contributed by atoms with Crippen molar-refractivity contribution >= 4 is 17.6 Å². The summed E-state index contributed by atoms with van der Waals surface area (Å²) in [6, 6.07) is 7.46. The van der Waals surface area contributed by atoms with Gasteiger partial charge in [-0.3, -0.25) is 15.0 Å². The summed E-state index contributed by atoms with van der Waals surface area (Å²) in [4.78, 5) is 24.6. The summed E-state index contributed by atoms with van der Waals surface area (Å²) in [6.45, 7) is 3.58. The van der Waals surface area contributed by atoms with Gasteiger partial charge in [0.05, 0.1) is 0 Å². The van der Waals surface area contributed by atoms with E-state index in [2.05, 4.69) is 16.2 Å². The van der Waals surface area contributed by atoms with Crippen LogP contribution in [-0.4, -0.2) is 30.1 Å². The Bertz CT molecular complexity index is 602. The maximum Gasteiger partial charge on any atom is 0.325 e. The normalized spacial score (nSPS) is 27.2. The van der Waals surface area contributed by atoms with Gasteiger partial charge in [-0.05, 0) is 38.8 Å². The van der Waals surface area contributed by atoms with Gasteiger partial charge in [0.15, 0.2) is 6.10 Å². The van der Waals surface area contributed by atoms with Gasteiger partial charge in [0.25, 0.3) is 5.91 Å². The Morgan fingerprint density at radius 3 is 2.62 bits per heavy atom. The molecule has 0 bridgehead atoms. The van der Waals surface area contributed by atoms with Crippen molar-refractivity contribution in [2.75, 3.05) is 5.32 Å². The number of aryl methyl sites for hydroxylation is 1. The molecule has 130 valence electrons. The monoisotopic (exact) mass is 331 g/mol. The van der Waals surface area contributed by atoms with Crippen molar-refractivity contribution in [3.8, 4) is 0 Å². The maximum atomic E-state index is 12.4. The van der Waals surface area contributed by atoms with E-state index in [0.717, 1.165) is 24.8 Å². The van der Waals surface area contributed by atoms with E-state index in [1.807, 2.05) is 31.2 Å². The average molecular weight is 331 g/mol. The molecule has 3 rings (SSSR count). The summed E-state index contributed by atoms with van der Waals surface area (Å²) in [5.74, 6) is -0.430. The standard InChI is InChI=1S/C18H25N3O3/c1-11-7-9-13(10-8-11)19-17(22)12(2)24-18(23)16-14-5-3-4-6-15(14)20-21-16/h7-10,12,14-16,20-21H,3-6H2,1-2H3,(H,19,22). The van der Waals surface area contributed by atoms with Crippen LogP contribution in [0.2, 0.25) is 0 Å². The number of hydrogen-bond donors (Lipinski definition) is 3. The number of amides is 1. The number of fused-ring (bicyclic) bond motifs is 1. The molecule has 1 saturated heterocycles. The fourth-order valence-corrected chi connectivity index (χ4v) is 3.46. The predicted octanol–water partition coefficient (Wildman–Crippen LogP) is 1.90. The minimum absolute atomic E-state index is 0.249. The molecule has 1 aliphatic heterocycles. The molecule has 1 amide bonds. The zero-order valence-electron chi connectivity index (χ0n) is 14.2. The number of nitrogens with one attached hydrogen (secondary N) is 3. The fraction of sp³-hybridized carbons (Fsp3) is 0.556. The number of hydrogen-bond acceptors (Lipinski definition) is 5. The molecule has 0 aromatic heterocycles. The Morgan fingerprint density at radius 1 is 1.17 bits per heavy atom. The second kappa shape index (κ2) is 7.32. The average Bonchev–Trinajstić information content (AvgIpc) is 3.01. The largest absolute Gasteiger partial charge is 0.451 e. The van der Waals surface area contributed by atoms with Gasteiger partial charge in [-0.25, -0.2) is 5.43 Å². The Hall–Kier alpha value is -1.92. The Balaban J connectivity index is 1.53. The maximum absolute atomic E-state index is 12.4. The third-order valence-electron chi connectivity index (χ3n) is 4.91. The molecule has 4 unspecified atom stereocenters. The van der Waals surface area contributed by atoms with Crippen molar-refractivity contribution in [2.24, 2.45) is 5.92 Å². The number of rotatable bonds is 4. The van der Waals surface area contributed by atoms with E-state index in [1.165, 1.54) is 6.42 Å². The fourth-order valence-electron chi connectivity index (χ4n) is 3.46.